The molecule has 1 saturated carbocycles. The second-order valence-corrected chi connectivity index (χ2v) is 6.89. The van der Waals surface area contributed by atoms with Crippen molar-refractivity contribution in [3.05, 3.63) is 83.9 Å². The summed E-state index contributed by atoms with van der Waals surface area (Å²) in [5, 5.41) is 7.40. The van der Waals surface area contributed by atoms with Gasteiger partial charge in [-0.05, 0) is 36.0 Å². The Bertz CT molecular complexity index is 876. The van der Waals surface area contributed by atoms with Crippen LogP contribution in [0.1, 0.15) is 35.1 Å². The van der Waals surface area contributed by atoms with E-state index in [1.807, 2.05) is 42.5 Å². The number of nitrogens with one attached hydrogen (secondary N) is 1. The van der Waals surface area contributed by atoms with Crippen LogP contribution in [0.25, 0.3) is 0 Å². The van der Waals surface area contributed by atoms with E-state index in [9.17, 15) is 4.79 Å². The average molecular weight is 346 g/mol. The molecule has 0 bridgehead atoms. The molecule has 5 heteroatoms. The number of amides is 1. The van der Waals surface area contributed by atoms with Crippen LogP contribution in [-0.4, -0.2) is 20.7 Å². The van der Waals surface area contributed by atoms with Gasteiger partial charge in [0.05, 0.1) is 12.6 Å². The van der Waals surface area contributed by atoms with E-state index < -0.39 is 0 Å². The molecule has 4 rings (SSSR count). The van der Waals surface area contributed by atoms with Crippen molar-refractivity contribution >= 4 is 5.91 Å². The number of carbonyl (C=O) groups is 1. The van der Waals surface area contributed by atoms with Gasteiger partial charge >= 0.3 is 0 Å². The Kier molecular flexibility index (Phi) is 4.52. The van der Waals surface area contributed by atoms with Gasteiger partial charge in [-0.25, -0.2) is 4.98 Å². The first-order valence-corrected chi connectivity index (χ1v) is 8.95. The van der Waals surface area contributed by atoms with E-state index in [1.165, 1.54) is 17.5 Å². The molecule has 1 fully saturated rings. The molecule has 1 heterocycles. The molecule has 132 valence electrons. The molecule has 1 amide bonds. The van der Waals surface area contributed by atoms with Gasteiger partial charge in [-0.3, -0.25) is 9.48 Å². The van der Waals surface area contributed by atoms with Crippen LogP contribution in [0.4, 0.5) is 0 Å². The average Bonchev–Trinajstić information content (AvgIpc) is 3.30. The fraction of sp³-hybridized carbons (Fsp3) is 0.286. The monoisotopic (exact) mass is 346 g/mol. The lowest BCUT2D eigenvalue weighted by Crippen LogP contribution is -2.33. The second kappa shape index (κ2) is 7.12. The minimum Gasteiger partial charge on any atom is -0.347 e. The highest BCUT2D eigenvalue weighted by molar-refractivity contribution is 5.83. The van der Waals surface area contributed by atoms with Crippen molar-refractivity contribution in [1.82, 2.24) is 20.1 Å². The molecular weight excluding hydrogens is 324 g/mol. The molecule has 5 nitrogen and oxygen atoms in total. The third kappa shape index (κ3) is 3.52. The third-order valence-corrected chi connectivity index (χ3v) is 5.07. The van der Waals surface area contributed by atoms with Crippen molar-refractivity contribution in [1.29, 1.82) is 0 Å². The van der Waals surface area contributed by atoms with Crippen molar-refractivity contribution in [2.45, 2.75) is 31.8 Å². The van der Waals surface area contributed by atoms with E-state index in [4.69, 9.17) is 0 Å². The SMILES string of the molecule is Cc1ccccc1[C@@H]1C[C@H]1C(=O)N[C@@H](Cn1cncn1)c1ccccc1. The molecule has 0 spiro atoms. The molecule has 1 aliphatic rings. The zero-order valence-electron chi connectivity index (χ0n) is 14.7. The van der Waals surface area contributed by atoms with Crippen molar-refractivity contribution < 1.29 is 4.79 Å². The van der Waals surface area contributed by atoms with Crippen LogP contribution in [-0.2, 0) is 11.3 Å². The number of aromatic nitrogens is 3. The lowest BCUT2D eigenvalue weighted by molar-refractivity contribution is -0.123. The number of carbonyl (C=O) groups excluding carboxylic acids is 1. The van der Waals surface area contributed by atoms with Crippen LogP contribution >= 0.6 is 0 Å². The largest absolute Gasteiger partial charge is 0.347 e. The third-order valence-electron chi connectivity index (χ3n) is 5.07. The first kappa shape index (κ1) is 16.5. The molecule has 0 radical (unpaired) electrons. The van der Waals surface area contributed by atoms with Crippen LogP contribution in [0.2, 0.25) is 0 Å². The van der Waals surface area contributed by atoms with Gasteiger partial charge in [-0.2, -0.15) is 5.10 Å². The molecule has 0 saturated heterocycles. The summed E-state index contributed by atoms with van der Waals surface area (Å²) in [5.74, 6) is 0.504. The van der Waals surface area contributed by atoms with Crippen LogP contribution in [0, 0.1) is 12.8 Å². The van der Waals surface area contributed by atoms with Gasteiger partial charge in [-0.1, -0.05) is 54.6 Å². The molecule has 1 aliphatic carbocycles. The second-order valence-electron chi connectivity index (χ2n) is 6.89. The van der Waals surface area contributed by atoms with Gasteiger partial charge in [0.15, 0.2) is 0 Å². The minimum atomic E-state index is -0.122. The van der Waals surface area contributed by atoms with Crippen molar-refractivity contribution in [3.63, 3.8) is 0 Å². The van der Waals surface area contributed by atoms with Gasteiger partial charge in [-0.15, -0.1) is 0 Å². The first-order valence-electron chi connectivity index (χ1n) is 8.95. The molecule has 26 heavy (non-hydrogen) atoms. The summed E-state index contributed by atoms with van der Waals surface area (Å²) >= 11 is 0. The smallest absolute Gasteiger partial charge is 0.224 e. The Hall–Kier alpha value is -2.95. The highest BCUT2D eigenvalue weighted by Crippen LogP contribution is 2.48. The summed E-state index contributed by atoms with van der Waals surface area (Å²) in [6.07, 6.45) is 4.11. The van der Waals surface area contributed by atoms with E-state index in [0.717, 1.165) is 12.0 Å². The van der Waals surface area contributed by atoms with Crippen LogP contribution in [0.15, 0.2) is 67.3 Å². The van der Waals surface area contributed by atoms with Crippen molar-refractivity contribution in [2.75, 3.05) is 0 Å². The number of rotatable bonds is 6. The summed E-state index contributed by atoms with van der Waals surface area (Å²) in [7, 11) is 0. The van der Waals surface area contributed by atoms with Crippen LogP contribution in [0.5, 0.6) is 0 Å². The number of aryl methyl sites for hydroxylation is 1. The van der Waals surface area contributed by atoms with Gasteiger partial charge in [0.2, 0.25) is 5.91 Å². The summed E-state index contributed by atoms with van der Waals surface area (Å²) < 4.78 is 1.75. The van der Waals surface area contributed by atoms with E-state index >= 15 is 0 Å². The maximum atomic E-state index is 12.9. The molecule has 0 unspecified atom stereocenters. The summed E-state index contributed by atoms with van der Waals surface area (Å²) in [4.78, 5) is 16.9. The molecular formula is C21H22N4O. The predicted octanol–water partition coefficient (Wildman–Crippen LogP) is 3.25. The van der Waals surface area contributed by atoms with E-state index in [0.29, 0.717) is 12.5 Å². The Morgan fingerprint density at radius 3 is 2.69 bits per heavy atom. The first-order chi connectivity index (χ1) is 12.7. The molecule has 1 N–H and O–H groups in total. The zero-order valence-corrected chi connectivity index (χ0v) is 14.7. The molecule has 3 atom stereocenters. The lowest BCUT2D eigenvalue weighted by atomic mass is 10.0. The van der Waals surface area contributed by atoms with Crippen molar-refractivity contribution in [2.24, 2.45) is 5.92 Å². The van der Waals surface area contributed by atoms with Gasteiger partial charge in [0.1, 0.15) is 12.7 Å². The Morgan fingerprint density at radius 1 is 1.19 bits per heavy atom. The van der Waals surface area contributed by atoms with Crippen LogP contribution in [0.3, 0.4) is 0 Å². The normalized spacial score (nSPS) is 19.7. The number of hydrogen-bond donors (Lipinski definition) is 1. The standard InChI is InChI=1S/C21H22N4O/c1-15-7-5-6-10-17(15)18-11-19(18)21(26)24-20(12-25-14-22-13-23-25)16-8-3-2-4-9-16/h2-10,13-14,18-20H,11-12H2,1H3,(H,24,26)/t18-,19+,20-/m0/s1. The Labute approximate surface area is 153 Å². The highest BCUT2D eigenvalue weighted by Gasteiger charge is 2.44. The maximum absolute atomic E-state index is 12.9. The maximum Gasteiger partial charge on any atom is 0.224 e. The predicted molar refractivity (Wildman–Crippen MR) is 99.4 cm³/mol. The number of benzene rings is 2. The van der Waals surface area contributed by atoms with E-state index in [1.54, 1.807) is 11.0 Å². The van der Waals surface area contributed by atoms with E-state index in [2.05, 4.69) is 34.5 Å². The summed E-state index contributed by atoms with van der Waals surface area (Å²) in [6, 6.07) is 18.2. The highest BCUT2D eigenvalue weighted by atomic mass is 16.2. The van der Waals surface area contributed by atoms with Gasteiger partial charge in [0, 0.05) is 5.92 Å². The topological polar surface area (TPSA) is 59.8 Å². The summed E-state index contributed by atoms with van der Waals surface area (Å²) in [6.45, 7) is 2.68. The molecule has 1 aromatic heterocycles. The fourth-order valence-electron chi connectivity index (χ4n) is 3.54. The fourth-order valence-corrected chi connectivity index (χ4v) is 3.54. The van der Waals surface area contributed by atoms with Gasteiger partial charge in [0.25, 0.3) is 0 Å². The summed E-state index contributed by atoms with van der Waals surface area (Å²) in [5.41, 5.74) is 3.62. The van der Waals surface area contributed by atoms with Gasteiger partial charge < -0.3 is 5.32 Å². The quantitative estimate of drug-likeness (QED) is 0.745. The zero-order chi connectivity index (χ0) is 17.9. The molecule has 3 aromatic rings. The lowest BCUT2D eigenvalue weighted by Gasteiger charge is -2.19. The molecule has 0 aliphatic heterocycles. The van der Waals surface area contributed by atoms with Crippen molar-refractivity contribution in [3.8, 4) is 0 Å². The van der Waals surface area contributed by atoms with Crippen LogP contribution < -0.4 is 5.32 Å². The minimum absolute atomic E-state index is 0.0538. The number of hydrogen-bond acceptors (Lipinski definition) is 3. The van der Waals surface area contributed by atoms with E-state index in [-0.39, 0.29) is 17.9 Å². The number of nitrogens with zero attached hydrogens (tertiary/aromatic N) is 3. The Morgan fingerprint density at radius 2 is 1.96 bits per heavy atom. The molecule has 2 aromatic carbocycles. The Balaban J connectivity index is 1.48.